The molecule has 0 aromatic rings. The lowest BCUT2D eigenvalue weighted by molar-refractivity contribution is -0.332. The first-order chi connectivity index (χ1) is 30.1. The number of aliphatic hydroxyl groups is 7. The summed E-state index contributed by atoms with van der Waals surface area (Å²) in [5.74, 6) is -0.387. The highest BCUT2D eigenvalue weighted by atomic mass is 16.7. The molecule has 2 rings (SSSR count). The van der Waals surface area contributed by atoms with Gasteiger partial charge in [-0.2, -0.15) is 0 Å². The zero-order chi connectivity index (χ0) is 45.2. The molecule has 2 aliphatic heterocycles. The van der Waals surface area contributed by atoms with Gasteiger partial charge in [-0.05, 0) is 64.2 Å². The molecule has 0 bridgehead atoms. The van der Waals surface area contributed by atoms with E-state index in [0.717, 1.165) is 64.2 Å². The van der Waals surface area contributed by atoms with Gasteiger partial charge in [-0.25, -0.2) is 0 Å². The lowest BCUT2D eigenvalue weighted by atomic mass is 9.98. The average molecular weight is 889 g/mol. The second-order valence-corrected chi connectivity index (χ2v) is 17.3. The van der Waals surface area contributed by atoms with Gasteiger partial charge in [0.05, 0.1) is 26.4 Å². The molecule has 14 heteroatoms. The second kappa shape index (κ2) is 36.7. The van der Waals surface area contributed by atoms with Crippen molar-refractivity contribution in [3.63, 3.8) is 0 Å². The SMILES string of the molecule is CCCCC/C=C\CCCCCCCCOCC(COC1OC(COC2OC(CO)C(O)C(O)C2O)C(O)C(O)C1O)OC(=O)CCCCCCC/C=C\CCCCCCCC. The van der Waals surface area contributed by atoms with Crippen molar-refractivity contribution in [3.05, 3.63) is 24.3 Å². The first kappa shape index (κ1) is 56.6. The van der Waals surface area contributed by atoms with Gasteiger partial charge in [-0.15, -0.1) is 0 Å². The molecule has 14 nitrogen and oxygen atoms in total. The third-order valence-corrected chi connectivity index (χ3v) is 11.7. The Kier molecular flexibility index (Phi) is 33.5. The fraction of sp³-hybridized carbons (Fsp3) is 0.896. The van der Waals surface area contributed by atoms with Gasteiger partial charge >= 0.3 is 5.97 Å². The standard InChI is InChI=1S/C48H88O14/c1-3-5-7-9-11-13-15-17-18-19-21-23-25-27-29-31-40(50)60-37(34-57-32-30-28-26-24-22-20-16-14-12-10-8-6-4-2)35-58-47-46(56)44(54)42(52)39(62-47)36-59-48-45(55)43(53)41(51)38(33-49)61-48/h12,14,17-18,37-39,41-49,51-56H,3-11,13,15-16,19-36H2,1-2H3/b14-12-,18-17-. The molecule has 11 unspecified atom stereocenters. The molecular formula is C48H88O14. The zero-order valence-corrected chi connectivity index (χ0v) is 38.4. The third kappa shape index (κ3) is 24.7. The van der Waals surface area contributed by atoms with Crippen molar-refractivity contribution in [3.8, 4) is 0 Å². The number of aliphatic hydroxyl groups excluding tert-OH is 7. The van der Waals surface area contributed by atoms with Gasteiger partial charge in [0.15, 0.2) is 12.6 Å². The molecule has 0 aliphatic carbocycles. The number of ether oxygens (including phenoxy) is 6. The van der Waals surface area contributed by atoms with E-state index in [0.29, 0.717) is 13.0 Å². The number of hydrogen-bond donors (Lipinski definition) is 7. The third-order valence-electron chi connectivity index (χ3n) is 11.7. The zero-order valence-electron chi connectivity index (χ0n) is 38.4. The van der Waals surface area contributed by atoms with Crippen LogP contribution in [0, 0.1) is 0 Å². The van der Waals surface area contributed by atoms with Crippen molar-refractivity contribution in [1.82, 2.24) is 0 Å². The fourth-order valence-electron chi connectivity index (χ4n) is 7.63. The van der Waals surface area contributed by atoms with Gasteiger partial charge < -0.3 is 64.2 Å². The maximum absolute atomic E-state index is 13.0. The summed E-state index contributed by atoms with van der Waals surface area (Å²) in [7, 11) is 0. The number of esters is 1. The van der Waals surface area contributed by atoms with Crippen molar-refractivity contribution in [2.75, 3.05) is 33.0 Å². The van der Waals surface area contributed by atoms with E-state index in [1.807, 2.05) is 0 Å². The van der Waals surface area contributed by atoms with E-state index < -0.39 is 80.7 Å². The molecule has 2 heterocycles. The lowest BCUT2D eigenvalue weighted by Gasteiger charge is -2.42. The van der Waals surface area contributed by atoms with Gasteiger partial charge in [0.2, 0.25) is 0 Å². The summed E-state index contributed by atoms with van der Waals surface area (Å²) >= 11 is 0. The Morgan fingerprint density at radius 3 is 1.50 bits per heavy atom. The lowest BCUT2D eigenvalue weighted by Crippen LogP contribution is -2.61. The van der Waals surface area contributed by atoms with Crippen LogP contribution in [0.15, 0.2) is 24.3 Å². The Balaban J connectivity index is 1.80. The van der Waals surface area contributed by atoms with Gasteiger partial charge in [0, 0.05) is 13.0 Å². The molecule has 11 atom stereocenters. The summed E-state index contributed by atoms with van der Waals surface area (Å²) < 4.78 is 34.2. The van der Waals surface area contributed by atoms with E-state index in [1.165, 1.54) is 83.5 Å². The van der Waals surface area contributed by atoms with Crippen molar-refractivity contribution in [2.45, 2.75) is 242 Å². The molecule has 0 radical (unpaired) electrons. The second-order valence-electron chi connectivity index (χ2n) is 17.3. The van der Waals surface area contributed by atoms with E-state index in [4.69, 9.17) is 28.4 Å². The van der Waals surface area contributed by atoms with Gasteiger partial charge in [0.1, 0.15) is 54.9 Å². The highest BCUT2D eigenvalue weighted by Crippen LogP contribution is 2.26. The average Bonchev–Trinajstić information content (AvgIpc) is 3.27. The summed E-state index contributed by atoms with van der Waals surface area (Å²) in [5, 5.41) is 72.0. The smallest absolute Gasteiger partial charge is 0.306 e. The summed E-state index contributed by atoms with van der Waals surface area (Å²) in [5.41, 5.74) is 0. The number of hydrogen-bond acceptors (Lipinski definition) is 14. The number of rotatable bonds is 38. The van der Waals surface area contributed by atoms with Crippen molar-refractivity contribution in [1.29, 1.82) is 0 Å². The van der Waals surface area contributed by atoms with Gasteiger partial charge in [0.25, 0.3) is 0 Å². The van der Waals surface area contributed by atoms with E-state index in [2.05, 4.69) is 38.2 Å². The van der Waals surface area contributed by atoms with Crippen molar-refractivity contribution in [2.24, 2.45) is 0 Å². The van der Waals surface area contributed by atoms with Crippen LogP contribution in [-0.4, -0.2) is 142 Å². The minimum absolute atomic E-state index is 0.0559. The van der Waals surface area contributed by atoms with Crippen molar-refractivity contribution < 1.29 is 69.0 Å². The van der Waals surface area contributed by atoms with E-state index in [1.54, 1.807) is 0 Å². The predicted octanol–water partition coefficient (Wildman–Crippen LogP) is 6.46. The molecule has 0 saturated carbocycles. The van der Waals surface area contributed by atoms with Crippen LogP contribution in [0.5, 0.6) is 0 Å². The molecule has 7 N–H and O–H groups in total. The van der Waals surface area contributed by atoms with Crippen LogP contribution < -0.4 is 0 Å². The molecule has 0 aromatic heterocycles. The summed E-state index contributed by atoms with van der Waals surface area (Å²) in [6.45, 7) is 3.63. The van der Waals surface area contributed by atoms with Crippen LogP contribution in [0.3, 0.4) is 0 Å². The molecule has 2 aliphatic rings. The van der Waals surface area contributed by atoms with Gasteiger partial charge in [-0.3, -0.25) is 4.79 Å². The van der Waals surface area contributed by atoms with Crippen LogP contribution in [-0.2, 0) is 33.2 Å². The molecule has 62 heavy (non-hydrogen) atoms. The number of allylic oxidation sites excluding steroid dienone is 4. The summed E-state index contributed by atoms with van der Waals surface area (Å²) in [6, 6.07) is 0. The topological polar surface area (TPSA) is 214 Å². The van der Waals surface area contributed by atoms with Crippen LogP contribution in [0.4, 0.5) is 0 Å². The predicted molar refractivity (Wildman–Crippen MR) is 238 cm³/mol. The van der Waals surface area contributed by atoms with Crippen LogP contribution >= 0.6 is 0 Å². The number of carbonyl (C=O) groups is 1. The first-order valence-corrected chi connectivity index (χ1v) is 24.4. The van der Waals surface area contributed by atoms with E-state index in [-0.39, 0.29) is 25.6 Å². The maximum Gasteiger partial charge on any atom is 0.306 e. The minimum atomic E-state index is -1.71. The summed E-state index contributed by atoms with van der Waals surface area (Å²) in [4.78, 5) is 13.0. The fourth-order valence-corrected chi connectivity index (χ4v) is 7.63. The van der Waals surface area contributed by atoms with Crippen LogP contribution in [0.1, 0.15) is 174 Å². The van der Waals surface area contributed by atoms with Gasteiger partial charge in [-0.1, -0.05) is 128 Å². The number of carbonyl (C=O) groups excluding carboxylic acids is 1. The molecule has 364 valence electrons. The minimum Gasteiger partial charge on any atom is -0.457 e. The molecule has 2 saturated heterocycles. The molecular weight excluding hydrogens is 801 g/mol. The Morgan fingerprint density at radius 1 is 0.516 bits per heavy atom. The molecule has 2 fully saturated rings. The van der Waals surface area contributed by atoms with Crippen LogP contribution in [0.2, 0.25) is 0 Å². The normalized spacial score (nSPS) is 27.4. The first-order valence-electron chi connectivity index (χ1n) is 24.4. The Morgan fingerprint density at radius 2 is 0.952 bits per heavy atom. The quantitative estimate of drug-likeness (QED) is 0.0202. The van der Waals surface area contributed by atoms with Crippen molar-refractivity contribution >= 4 is 5.97 Å². The van der Waals surface area contributed by atoms with E-state index >= 15 is 0 Å². The highest BCUT2D eigenvalue weighted by Gasteiger charge is 2.47. The largest absolute Gasteiger partial charge is 0.457 e. The van der Waals surface area contributed by atoms with Crippen LogP contribution in [0.25, 0.3) is 0 Å². The monoisotopic (exact) mass is 889 g/mol. The maximum atomic E-state index is 13.0. The molecule has 0 spiro atoms. The Hall–Kier alpha value is -1.53. The highest BCUT2D eigenvalue weighted by molar-refractivity contribution is 5.69. The Bertz CT molecular complexity index is 1120. The summed E-state index contributed by atoms with van der Waals surface area (Å²) in [6.07, 6.45) is 21.0. The molecule has 0 aromatic carbocycles. The molecule has 0 amide bonds. The number of unbranched alkanes of at least 4 members (excludes halogenated alkanes) is 20. The van der Waals surface area contributed by atoms with E-state index in [9.17, 15) is 40.5 Å². The Labute approximate surface area is 373 Å².